The molecule has 0 amide bonds. The van der Waals surface area contributed by atoms with E-state index in [0.29, 0.717) is 0 Å². The van der Waals surface area contributed by atoms with Crippen LogP contribution in [-0.2, 0) is 4.57 Å². The molecule has 0 fully saturated rings. The van der Waals surface area contributed by atoms with Gasteiger partial charge in [-0.05, 0) is 101 Å². The van der Waals surface area contributed by atoms with Gasteiger partial charge in [0.1, 0.15) is 0 Å². The molecule has 0 N–H and O–H groups in total. The third-order valence-corrected chi connectivity index (χ3v) is 12.6. The van der Waals surface area contributed by atoms with Crippen LogP contribution in [0.3, 0.4) is 0 Å². The maximum Gasteiger partial charge on any atom is 0.172 e. The molecule has 9 aromatic carbocycles. The highest BCUT2D eigenvalue weighted by Crippen LogP contribution is 2.49. The largest absolute Gasteiger partial charge is 0.378 e. The molecular weight excluding hydrogens is 541 g/mol. The first-order valence-electron chi connectivity index (χ1n) is 14.7. The van der Waals surface area contributed by atoms with E-state index in [1.54, 1.807) is 0 Å². The summed E-state index contributed by atoms with van der Waals surface area (Å²) >= 11 is 0. The predicted molar refractivity (Wildman–Crippen MR) is 188 cm³/mol. The lowest BCUT2D eigenvalue weighted by molar-refractivity contribution is 0.593. The molecule has 0 heterocycles. The first-order valence-corrected chi connectivity index (χ1v) is 16.5. The van der Waals surface area contributed by atoms with Gasteiger partial charge in [0.25, 0.3) is 0 Å². The summed E-state index contributed by atoms with van der Waals surface area (Å²) in [6.07, 6.45) is 0. The fraction of sp³-hybridized carbons (Fsp3) is 0.0500. The standard InChI is InChI=1S/C40H28NOP/c1-41(2)31-17-19-32(20-18-31)43(42,35-23-15-29-11-9-25-5-3-7-27-13-21-33(35)39(29)37(25)27)36-24-16-30-12-10-26-6-4-8-28-14-22-34(36)40(30)38(26)28/h3-24H,1-2H3. The summed E-state index contributed by atoms with van der Waals surface area (Å²) in [7, 11) is 0.714. The third-order valence-electron chi connectivity index (χ3n) is 9.42. The number of benzene rings is 9. The molecular formula is C40H28NOP. The Labute approximate surface area is 249 Å². The Morgan fingerprint density at radius 2 is 0.791 bits per heavy atom. The minimum absolute atomic E-state index is 0.850. The normalized spacial score (nSPS) is 12.5. The Morgan fingerprint density at radius 3 is 1.21 bits per heavy atom. The number of rotatable bonds is 4. The third kappa shape index (κ3) is 3.33. The first-order chi connectivity index (χ1) is 21.0. The van der Waals surface area contributed by atoms with Gasteiger partial charge >= 0.3 is 0 Å². The number of hydrogen-bond donors (Lipinski definition) is 0. The predicted octanol–water partition coefficient (Wildman–Crippen LogP) is 9.19. The molecule has 0 aliphatic heterocycles. The lowest BCUT2D eigenvalue weighted by Crippen LogP contribution is -2.26. The average Bonchev–Trinajstić information content (AvgIpc) is 3.05. The molecule has 3 heteroatoms. The van der Waals surface area contributed by atoms with E-state index in [4.69, 9.17) is 0 Å². The van der Waals surface area contributed by atoms with E-state index < -0.39 is 7.14 Å². The molecule has 0 aliphatic rings. The van der Waals surface area contributed by atoms with E-state index in [1.165, 1.54) is 53.9 Å². The van der Waals surface area contributed by atoms with Crippen LogP contribution in [0.4, 0.5) is 5.69 Å². The summed E-state index contributed by atoms with van der Waals surface area (Å²) in [5.74, 6) is 0. The van der Waals surface area contributed by atoms with Crippen molar-refractivity contribution in [3.05, 3.63) is 133 Å². The summed E-state index contributed by atoms with van der Waals surface area (Å²) in [5, 5.41) is 16.8. The molecule has 0 bridgehead atoms. The Hall–Kier alpha value is -4.91. The molecule has 2 nitrogen and oxygen atoms in total. The van der Waals surface area contributed by atoms with E-state index in [-0.39, 0.29) is 0 Å². The van der Waals surface area contributed by atoms with E-state index in [9.17, 15) is 0 Å². The highest BCUT2D eigenvalue weighted by atomic mass is 31.2. The van der Waals surface area contributed by atoms with Gasteiger partial charge in [0, 0.05) is 35.7 Å². The molecule has 0 radical (unpaired) electrons. The van der Waals surface area contributed by atoms with Gasteiger partial charge in [0.2, 0.25) is 0 Å². The van der Waals surface area contributed by atoms with Gasteiger partial charge in [-0.2, -0.15) is 0 Å². The first kappa shape index (κ1) is 24.7. The highest BCUT2D eigenvalue weighted by Gasteiger charge is 2.34. The maximum atomic E-state index is 16.4. The SMILES string of the molecule is CN(C)c1ccc(P(=O)(c2ccc3ccc4cccc5ccc2c3c45)c2ccc3ccc4cccc5ccc2c3c45)cc1. The summed E-state index contributed by atoms with van der Waals surface area (Å²) in [4.78, 5) is 2.08. The lowest BCUT2D eigenvalue weighted by atomic mass is 9.94. The molecule has 0 saturated heterocycles. The average molecular weight is 570 g/mol. The fourth-order valence-corrected chi connectivity index (χ4v) is 10.4. The molecule has 43 heavy (non-hydrogen) atoms. The quantitative estimate of drug-likeness (QED) is 0.156. The Bertz CT molecular complexity index is 2380. The van der Waals surface area contributed by atoms with Crippen LogP contribution in [0.5, 0.6) is 0 Å². The lowest BCUT2D eigenvalue weighted by Gasteiger charge is -2.26. The van der Waals surface area contributed by atoms with Crippen molar-refractivity contribution in [2.24, 2.45) is 0 Å². The summed E-state index contributed by atoms with van der Waals surface area (Å²) in [6, 6.07) is 47.4. The van der Waals surface area contributed by atoms with Gasteiger partial charge in [-0.25, -0.2) is 0 Å². The van der Waals surface area contributed by atoms with Gasteiger partial charge in [-0.1, -0.05) is 97.1 Å². The monoisotopic (exact) mass is 569 g/mol. The zero-order chi connectivity index (χ0) is 28.9. The summed E-state index contributed by atoms with van der Waals surface area (Å²) in [5.41, 5.74) is 1.08. The molecule has 0 atom stereocenters. The zero-order valence-electron chi connectivity index (χ0n) is 24.0. The minimum Gasteiger partial charge on any atom is -0.378 e. The van der Waals surface area contributed by atoms with E-state index in [2.05, 4.69) is 138 Å². The smallest absolute Gasteiger partial charge is 0.172 e. The van der Waals surface area contributed by atoms with E-state index in [1.807, 2.05) is 14.1 Å². The Morgan fingerprint density at radius 1 is 0.419 bits per heavy atom. The van der Waals surface area contributed by atoms with Crippen molar-refractivity contribution in [3.63, 3.8) is 0 Å². The maximum absolute atomic E-state index is 16.4. The van der Waals surface area contributed by atoms with Crippen LogP contribution in [0.15, 0.2) is 133 Å². The fourth-order valence-electron chi connectivity index (χ4n) is 7.36. The van der Waals surface area contributed by atoms with Gasteiger partial charge in [-0.15, -0.1) is 0 Å². The van der Waals surface area contributed by atoms with Crippen LogP contribution in [0.1, 0.15) is 0 Å². The topological polar surface area (TPSA) is 20.3 Å². The van der Waals surface area contributed by atoms with Crippen molar-refractivity contribution >= 4 is 93.4 Å². The molecule has 0 aliphatic carbocycles. The van der Waals surface area contributed by atoms with Crippen molar-refractivity contribution in [2.75, 3.05) is 19.0 Å². The van der Waals surface area contributed by atoms with Gasteiger partial charge in [0.05, 0.1) is 0 Å². The zero-order valence-corrected chi connectivity index (χ0v) is 24.9. The van der Waals surface area contributed by atoms with Crippen LogP contribution < -0.4 is 20.8 Å². The molecule has 0 spiro atoms. The highest BCUT2D eigenvalue weighted by molar-refractivity contribution is 7.86. The molecule has 0 unspecified atom stereocenters. The van der Waals surface area contributed by atoms with Gasteiger partial charge in [-0.3, -0.25) is 0 Å². The van der Waals surface area contributed by atoms with Crippen LogP contribution in [-0.4, -0.2) is 14.1 Å². The van der Waals surface area contributed by atoms with Crippen molar-refractivity contribution in [3.8, 4) is 0 Å². The van der Waals surface area contributed by atoms with Crippen LogP contribution in [0.2, 0.25) is 0 Å². The second-order valence-corrected chi connectivity index (χ2v) is 14.6. The molecule has 0 aromatic heterocycles. The van der Waals surface area contributed by atoms with Crippen molar-refractivity contribution < 1.29 is 4.57 Å². The van der Waals surface area contributed by atoms with Gasteiger partial charge < -0.3 is 9.46 Å². The van der Waals surface area contributed by atoms with Crippen molar-refractivity contribution in [2.45, 2.75) is 0 Å². The van der Waals surface area contributed by atoms with Crippen molar-refractivity contribution in [1.29, 1.82) is 0 Å². The molecule has 204 valence electrons. The van der Waals surface area contributed by atoms with Crippen LogP contribution in [0.25, 0.3) is 64.6 Å². The summed E-state index contributed by atoms with van der Waals surface area (Å²) < 4.78 is 16.4. The van der Waals surface area contributed by atoms with E-state index in [0.717, 1.165) is 32.4 Å². The molecule has 9 aromatic rings. The second kappa shape index (κ2) is 8.80. The Balaban J connectivity index is 1.44. The Kier molecular flexibility index (Phi) is 5.05. The number of hydrogen-bond acceptors (Lipinski definition) is 2. The van der Waals surface area contributed by atoms with Gasteiger partial charge in [0.15, 0.2) is 7.14 Å². The summed E-state index contributed by atoms with van der Waals surface area (Å²) in [6.45, 7) is 0. The molecule has 0 saturated carbocycles. The number of anilines is 1. The van der Waals surface area contributed by atoms with Crippen LogP contribution >= 0.6 is 7.14 Å². The van der Waals surface area contributed by atoms with Crippen molar-refractivity contribution in [1.82, 2.24) is 0 Å². The molecule has 9 rings (SSSR count). The number of nitrogens with zero attached hydrogens (tertiary/aromatic N) is 1. The minimum atomic E-state index is -3.36. The second-order valence-electron chi connectivity index (χ2n) is 11.9. The van der Waals surface area contributed by atoms with E-state index >= 15 is 4.57 Å². The van der Waals surface area contributed by atoms with Crippen LogP contribution in [0, 0.1) is 0 Å².